The predicted octanol–water partition coefficient (Wildman–Crippen LogP) is 2.01. The van der Waals surface area contributed by atoms with Crippen LogP contribution in [0.2, 0.25) is 0 Å². The van der Waals surface area contributed by atoms with Gasteiger partial charge in [-0.1, -0.05) is 0 Å². The van der Waals surface area contributed by atoms with Crippen LogP contribution in [-0.2, 0) is 11.3 Å². The summed E-state index contributed by atoms with van der Waals surface area (Å²) < 4.78 is 0. The minimum Gasteiger partial charge on any atom is -0.326 e. The van der Waals surface area contributed by atoms with Crippen molar-refractivity contribution in [1.82, 2.24) is 15.2 Å². The summed E-state index contributed by atoms with van der Waals surface area (Å²) in [6.45, 7) is 0.331. The zero-order valence-electron chi connectivity index (χ0n) is 11.9. The third-order valence-electron chi connectivity index (χ3n) is 2.90. The zero-order valence-corrected chi connectivity index (χ0v) is 12.7. The number of hydrogen-bond donors (Lipinski definition) is 3. The van der Waals surface area contributed by atoms with Crippen LogP contribution in [0, 0.1) is 0 Å². The van der Waals surface area contributed by atoms with Gasteiger partial charge < -0.3 is 11.1 Å². The van der Waals surface area contributed by atoms with Gasteiger partial charge >= 0.3 is 0 Å². The highest BCUT2D eigenvalue weighted by Gasteiger charge is 2.06. The molecule has 0 saturated heterocycles. The lowest BCUT2D eigenvalue weighted by molar-refractivity contribution is -0.116. The molecule has 0 radical (unpaired) electrons. The maximum atomic E-state index is 11.7. The topological polar surface area (TPSA) is 96.7 Å². The fraction of sp³-hybridized carbons (Fsp3) is 0.357. The van der Waals surface area contributed by atoms with Crippen molar-refractivity contribution in [3.63, 3.8) is 0 Å². The number of anilines is 1. The number of amides is 1. The molecule has 0 unspecified atom stereocenters. The average Bonchev–Trinajstić information content (AvgIpc) is 2.97. The Kier molecular flexibility index (Phi) is 5.77. The van der Waals surface area contributed by atoms with Crippen molar-refractivity contribution in [3.8, 4) is 11.4 Å². The summed E-state index contributed by atoms with van der Waals surface area (Å²) in [7, 11) is 0. The van der Waals surface area contributed by atoms with E-state index in [4.69, 9.17) is 5.73 Å². The second-order valence-electron chi connectivity index (χ2n) is 4.53. The Balaban J connectivity index is 1.94. The van der Waals surface area contributed by atoms with E-state index in [1.807, 2.05) is 30.5 Å². The second kappa shape index (κ2) is 7.80. The van der Waals surface area contributed by atoms with E-state index in [2.05, 4.69) is 20.5 Å². The Morgan fingerprint density at radius 1 is 1.38 bits per heavy atom. The molecular formula is C14H19N5OS. The van der Waals surface area contributed by atoms with E-state index in [0.717, 1.165) is 23.4 Å². The molecule has 7 heteroatoms. The lowest BCUT2D eigenvalue weighted by atomic mass is 10.2. The highest BCUT2D eigenvalue weighted by Crippen LogP contribution is 2.18. The molecule has 0 aliphatic heterocycles. The van der Waals surface area contributed by atoms with E-state index in [1.165, 1.54) is 0 Å². The van der Waals surface area contributed by atoms with E-state index in [1.54, 1.807) is 11.8 Å². The van der Waals surface area contributed by atoms with Crippen LogP contribution in [0.15, 0.2) is 24.3 Å². The van der Waals surface area contributed by atoms with Crippen LogP contribution < -0.4 is 11.1 Å². The molecule has 4 N–H and O–H groups in total. The number of thioether (sulfide) groups is 1. The summed E-state index contributed by atoms with van der Waals surface area (Å²) in [4.78, 5) is 16.0. The summed E-state index contributed by atoms with van der Waals surface area (Å²) >= 11 is 1.75. The molecule has 112 valence electrons. The van der Waals surface area contributed by atoms with Crippen molar-refractivity contribution in [2.24, 2.45) is 5.73 Å². The number of carbonyl (C=O) groups excluding carboxylic acids is 1. The lowest BCUT2D eigenvalue weighted by Crippen LogP contribution is -2.11. The van der Waals surface area contributed by atoms with Crippen LogP contribution in [0.25, 0.3) is 11.4 Å². The third kappa shape index (κ3) is 4.57. The van der Waals surface area contributed by atoms with Gasteiger partial charge in [0.2, 0.25) is 5.91 Å². The van der Waals surface area contributed by atoms with Crippen LogP contribution >= 0.6 is 11.8 Å². The summed E-state index contributed by atoms with van der Waals surface area (Å²) in [5.41, 5.74) is 7.15. The Labute approximate surface area is 127 Å². The number of rotatable bonds is 7. The molecule has 0 spiro atoms. The van der Waals surface area contributed by atoms with Crippen molar-refractivity contribution in [2.75, 3.05) is 17.3 Å². The molecule has 0 bridgehead atoms. The first-order chi connectivity index (χ1) is 10.2. The highest BCUT2D eigenvalue weighted by atomic mass is 32.2. The number of nitrogens with two attached hydrogens (primary N) is 1. The molecule has 1 aromatic carbocycles. The number of benzene rings is 1. The molecule has 2 rings (SSSR count). The van der Waals surface area contributed by atoms with E-state index in [0.29, 0.717) is 24.6 Å². The van der Waals surface area contributed by atoms with E-state index in [-0.39, 0.29) is 5.91 Å². The predicted molar refractivity (Wildman–Crippen MR) is 86.0 cm³/mol. The second-order valence-corrected chi connectivity index (χ2v) is 5.52. The largest absolute Gasteiger partial charge is 0.326 e. The van der Waals surface area contributed by atoms with Gasteiger partial charge in [0, 0.05) is 17.7 Å². The van der Waals surface area contributed by atoms with Crippen LogP contribution in [0.5, 0.6) is 0 Å². The lowest BCUT2D eigenvalue weighted by Gasteiger charge is -2.05. The number of aromatic amines is 1. The fourth-order valence-corrected chi connectivity index (χ4v) is 2.25. The highest BCUT2D eigenvalue weighted by molar-refractivity contribution is 7.98. The maximum absolute atomic E-state index is 11.7. The smallest absolute Gasteiger partial charge is 0.224 e. The van der Waals surface area contributed by atoms with Crippen molar-refractivity contribution in [3.05, 3.63) is 30.1 Å². The number of aromatic nitrogens is 3. The summed E-state index contributed by atoms with van der Waals surface area (Å²) in [5.74, 6) is 2.30. The molecule has 1 aromatic heterocycles. The molecule has 1 heterocycles. The first-order valence-corrected chi connectivity index (χ1v) is 8.13. The Hall–Kier alpha value is -1.86. The first kappa shape index (κ1) is 15.5. The Morgan fingerprint density at radius 3 is 2.76 bits per heavy atom. The maximum Gasteiger partial charge on any atom is 0.224 e. The van der Waals surface area contributed by atoms with Gasteiger partial charge in [-0.25, -0.2) is 4.98 Å². The van der Waals surface area contributed by atoms with Crippen molar-refractivity contribution in [2.45, 2.75) is 19.4 Å². The number of carbonyl (C=O) groups is 1. The van der Waals surface area contributed by atoms with Crippen molar-refractivity contribution in [1.29, 1.82) is 0 Å². The fourth-order valence-electron chi connectivity index (χ4n) is 1.82. The monoisotopic (exact) mass is 305 g/mol. The quantitative estimate of drug-likeness (QED) is 0.680. The standard InChI is InChI=1S/C14H19N5OS/c1-21-8-2-3-13(20)16-11-6-4-10(5-7-11)14-17-12(9-15)18-19-14/h4-7H,2-3,8-9,15H2,1H3,(H,16,20)(H,17,18,19). The minimum absolute atomic E-state index is 0.0418. The number of nitrogens with zero attached hydrogens (tertiary/aromatic N) is 2. The zero-order chi connectivity index (χ0) is 15.1. The van der Waals surface area contributed by atoms with Gasteiger partial charge in [-0.3, -0.25) is 9.89 Å². The van der Waals surface area contributed by atoms with Gasteiger partial charge in [0.1, 0.15) is 5.82 Å². The van der Waals surface area contributed by atoms with Crippen molar-refractivity contribution >= 4 is 23.4 Å². The molecule has 0 aliphatic carbocycles. The number of H-pyrrole nitrogens is 1. The molecule has 2 aromatic rings. The van der Waals surface area contributed by atoms with E-state index in [9.17, 15) is 4.79 Å². The SMILES string of the molecule is CSCCCC(=O)Nc1ccc(-c2n[nH]c(CN)n2)cc1. The van der Waals surface area contributed by atoms with Crippen LogP contribution in [0.4, 0.5) is 5.69 Å². The molecule has 0 aliphatic rings. The molecule has 0 atom stereocenters. The molecule has 0 fully saturated rings. The normalized spacial score (nSPS) is 10.6. The molecule has 1 amide bonds. The van der Waals surface area contributed by atoms with Crippen LogP contribution in [0.3, 0.4) is 0 Å². The van der Waals surface area contributed by atoms with E-state index >= 15 is 0 Å². The Bertz CT molecular complexity index is 581. The molecule has 0 saturated carbocycles. The van der Waals surface area contributed by atoms with Crippen LogP contribution in [0.1, 0.15) is 18.7 Å². The van der Waals surface area contributed by atoms with Crippen molar-refractivity contribution < 1.29 is 4.79 Å². The summed E-state index contributed by atoms with van der Waals surface area (Å²) in [6, 6.07) is 7.45. The van der Waals surface area contributed by atoms with E-state index < -0.39 is 0 Å². The van der Waals surface area contributed by atoms with Gasteiger partial charge in [0.05, 0.1) is 6.54 Å². The summed E-state index contributed by atoms with van der Waals surface area (Å²) in [5, 5.41) is 9.74. The molecule has 21 heavy (non-hydrogen) atoms. The van der Waals surface area contributed by atoms with Gasteiger partial charge in [0.25, 0.3) is 0 Å². The Morgan fingerprint density at radius 2 is 2.14 bits per heavy atom. The number of nitrogens with one attached hydrogen (secondary N) is 2. The third-order valence-corrected chi connectivity index (χ3v) is 3.60. The minimum atomic E-state index is 0.0418. The molecular weight excluding hydrogens is 286 g/mol. The van der Waals surface area contributed by atoms with Gasteiger partial charge in [0.15, 0.2) is 5.82 Å². The van der Waals surface area contributed by atoms with Gasteiger partial charge in [-0.2, -0.15) is 16.9 Å². The average molecular weight is 305 g/mol. The first-order valence-electron chi connectivity index (χ1n) is 6.73. The summed E-state index contributed by atoms with van der Waals surface area (Å²) in [6.07, 6.45) is 3.48. The van der Waals surface area contributed by atoms with Crippen LogP contribution in [-0.4, -0.2) is 33.1 Å². The van der Waals surface area contributed by atoms with Gasteiger partial charge in [-0.15, -0.1) is 0 Å². The van der Waals surface area contributed by atoms with Gasteiger partial charge in [-0.05, 0) is 42.7 Å². The number of hydrogen-bond acceptors (Lipinski definition) is 5. The molecule has 6 nitrogen and oxygen atoms in total.